The zero-order valence-corrected chi connectivity index (χ0v) is 12.4. The molecule has 0 aliphatic carbocycles. The van der Waals surface area contributed by atoms with Gasteiger partial charge in [0.1, 0.15) is 17.5 Å². The Morgan fingerprint density at radius 3 is 2.70 bits per heavy atom. The van der Waals surface area contributed by atoms with Crippen molar-refractivity contribution in [3.8, 4) is 5.69 Å². The molecule has 0 amide bonds. The third kappa shape index (κ3) is 2.21. The summed E-state index contributed by atoms with van der Waals surface area (Å²) in [5.41, 5.74) is 1.70. The molecule has 1 aromatic heterocycles. The maximum Gasteiger partial charge on any atom is 0.139 e. The lowest BCUT2D eigenvalue weighted by atomic mass is 10.2. The van der Waals surface area contributed by atoms with Crippen LogP contribution >= 0.6 is 27.5 Å². The third-order valence-corrected chi connectivity index (χ3v) is 3.80. The Labute approximate surface area is 127 Å². The molecule has 2 aromatic carbocycles. The van der Waals surface area contributed by atoms with Gasteiger partial charge in [-0.1, -0.05) is 6.07 Å². The van der Waals surface area contributed by atoms with Crippen LogP contribution in [0.15, 0.2) is 40.9 Å². The molecule has 102 valence electrons. The van der Waals surface area contributed by atoms with Crippen LogP contribution < -0.4 is 0 Å². The van der Waals surface area contributed by atoms with Crippen molar-refractivity contribution >= 4 is 38.6 Å². The van der Waals surface area contributed by atoms with Crippen LogP contribution in [0.2, 0.25) is 0 Å². The van der Waals surface area contributed by atoms with Crippen LogP contribution in [0.5, 0.6) is 0 Å². The number of benzene rings is 2. The van der Waals surface area contributed by atoms with Crippen molar-refractivity contribution in [2.75, 3.05) is 0 Å². The van der Waals surface area contributed by atoms with Gasteiger partial charge < -0.3 is 0 Å². The SMILES string of the molecule is Fc1cccc(-n2c(CCl)nc3cc(Br)c(F)cc32)c1. The average Bonchev–Trinajstić information content (AvgIpc) is 2.77. The second-order valence-electron chi connectivity index (χ2n) is 4.23. The minimum Gasteiger partial charge on any atom is -0.295 e. The monoisotopic (exact) mass is 356 g/mol. The van der Waals surface area contributed by atoms with Crippen molar-refractivity contribution in [2.24, 2.45) is 0 Å². The van der Waals surface area contributed by atoms with E-state index in [0.717, 1.165) is 0 Å². The fourth-order valence-corrected chi connectivity index (χ4v) is 2.63. The van der Waals surface area contributed by atoms with E-state index in [1.807, 2.05) is 0 Å². The highest BCUT2D eigenvalue weighted by Gasteiger charge is 2.14. The number of imidazole rings is 1. The van der Waals surface area contributed by atoms with Crippen LogP contribution in [0.3, 0.4) is 0 Å². The standard InChI is InChI=1S/C14H8BrClF2N2/c15-10-5-12-13(6-11(10)18)20(14(7-16)19-12)9-3-1-2-8(17)4-9/h1-6H,7H2. The van der Waals surface area contributed by atoms with E-state index >= 15 is 0 Å². The van der Waals surface area contributed by atoms with Gasteiger partial charge in [0.25, 0.3) is 0 Å². The van der Waals surface area contributed by atoms with Gasteiger partial charge in [0.2, 0.25) is 0 Å². The smallest absolute Gasteiger partial charge is 0.139 e. The number of hydrogen-bond acceptors (Lipinski definition) is 1. The lowest BCUT2D eigenvalue weighted by Gasteiger charge is -2.08. The first-order valence-corrected chi connectivity index (χ1v) is 7.11. The predicted molar refractivity (Wildman–Crippen MR) is 78.2 cm³/mol. The Bertz CT molecular complexity index is 801. The Morgan fingerprint density at radius 1 is 1.20 bits per heavy atom. The van der Waals surface area contributed by atoms with Crippen LogP contribution in [0.4, 0.5) is 8.78 Å². The van der Waals surface area contributed by atoms with Crippen LogP contribution in [-0.2, 0) is 5.88 Å². The lowest BCUT2D eigenvalue weighted by molar-refractivity contribution is 0.622. The summed E-state index contributed by atoms with van der Waals surface area (Å²) in [5.74, 6) is -0.104. The maximum atomic E-state index is 13.7. The van der Waals surface area contributed by atoms with Crippen LogP contribution in [-0.4, -0.2) is 9.55 Å². The molecule has 3 rings (SSSR count). The van der Waals surface area contributed by atoms with Gasteiger partial charge in [-0.15, -0.1) is 11.6 Å². The molecule has 3 aromatic rings. The molecule has 0 aliphatic heterocycles. The van der Waals surface area contributed by atoms with Crippen molar-refractivity contribution in [1.82, 2.24) is 9.55 Å². The Kier molecular flexibility index (Phi) is 3.48. The molecule has 2 nitrogen and oxygen atoms in total. The molecule has 6 heteroatoms. The molecular formula is C14H8BrClF2N2. The molecule has 0 fully saturated rings. The molecule has 0 aliphatic rings. The normalized spacial score (nSPS) is 11.2. The van der Waals surface area contributed by atoms with Gasteiger partial charge in [-0.25, -0.2) is 13.8 Å². The molecule has 0 bridgehead atoms. The summed E-state index contributed by atoms with van der Waals surface area (Å²) in [4.78, 5) is 4.35. The Hall–Kier alpha value is -1.46. The predicted octanol–water partition coefficient (Wildman–Crippen LogP) is 4.81. The van der Waals surface area contributed by atoms with Crippen LogP contribution in [0.25, 0.3) is 16.7 Å². The first-order valence-electron chi connectivity index (χ1n) is 5.78. The lowest BCUT2D eigenvalue weighted by Crippen LogP contribution is -1.99. The zero-order valence-electron chi connectivity index (χ0n) is 10.1. The molecule has 20 heavy (non-hydrogen) atoms. The van der Waals surface area contributed by atoms with E-state index in [0.29, 0.717) is 27.0 Å². The van der Waals surface area contributed by atoms with E-state index in [1.54, 1.807) is 22.8 Å². The summed E-state index contributed by atoms with van der Waals surface area (Å²) in [7, 11) is 0. The highest BCUT2D eigenvalue weighted by molar-refractivity contribution is 9.10. The van der Waals surface area contributed by atoms with Gasteiger partial charge in [0, 0.05) is 6.07 Å². The largest absolute Gasteiger partial charge is 0.295 e. The van der Waals surface area contributed by atoms with Gasteiger partial charge in [0.15, 0.2) is 0 Å². The minimum atomic E-state index is -0.406. The number of fused-ring (bicyclic) bond motifs is 1. The van der Waals surface area contributed by atoms with Crippen molar-refractivity contribution in [3.05, 3.63) is 58.3 Å². The Morgan fingerprint density at radius 2 is 2.00 bits per heavy atom. The van der Waals surface area contributed by atoms with Crippen molar-refractivity contribution in [2.45, 2.75) is 5.88 Å². The number of halogens is 4. The number of alkyl halides is 1. The topological polar surface area (TPSA) is 17.8 Å². The third-order valence-electron chi connectivity index (χ3n) is 2.95. The summed E-state index contributed by atoms with van der Waals surface area (Å²) in [5, 5.41) is 0. The maximum absolute atomic E-state index is 13.7. The van der Waals surface area contributed by atoms with Gasteiger partial charge in [-0.3, -0.25) is 4.57 Å². The number of rotatable bonds is 2. The van der Waals surface area contributed by atoms with E-state index in [-0.39, 0.29) is 11.7 Å². The van der Waals surface area contributed by atoms with Crippen LogP contribution in [0.1, 0.15) is 5.82 Å². The van der Waals surface area contributed by atoms with Crippen molar-refractivity contribution in [1.29, 1.82) is 0 Å². The highest BCUT2D eigenvalue weighted by atomic mass is 79.9. The molecule has 0 saturated carbocycles. The quantitative estimate of drug-likeness (QED) is 0.602. The molecular weight excluding hydrogens is 350 g/mol. The second-order valence-corrected chi connectivity index (χ2v) is 5.35. The van der Waals surface area contributed by atoms with E-state index in [9.17, 15) is 8.78 Å². The molecule has 1 heterocycles. The molecule has 0 spiro atoms. The molecule has 0 N–H and O–H groups in total. The molecule has 0 radical (unpaired) electrons. The van der Waals surface area contributed by atoms with E-state index in [4.69, 9.17) is 11.6 Å². The summed E-state index contributed by atoms with van der Waals surface area (Å²) in [6.45, 7) is 0. The number of nitrogens with zero attached hydrogens (tertiary/aromatic N) is 2. The van der Waals surface area contributed by atoms with E-state index < -0.39 is 5.82 Å². The summed E-state index contributed by atoms with van der Waals surface area (Å²) in [6.07, 6.45) is 0. The number of hydrogen-bond donors (Lipinski definition) is 0. The van der Waals surface area contributed by atoms with Gasteiger partial charge in [-0.05, 0) is 40.2 Å². The second kappa shape index (κ2) is 5.14. The first kappa shape index (κ1) is 13.5. The van der Waals surface area contributed by atoms with Crippen molar-refractivity contribution < 1.29 is 8.78 Å². The summed E-state index contributed by atoms with van der Waals surface area (Å²) >= 11 is 9.01. The van der Waals surface area contributed by atoms with Gasteiger partial charge >= 0.3 is 0 Å². The summed E-state index contributed by atoms with van der Waals surface area (Å²) < 4.78 is 29.1. The zero-order chi connectivity index (χ0) is 14.3. The van der Waals surface area contributed by atoms with Crippen molar-refractivity contribution in [3.63, 3.8) is 0 Å². The fraction of sp³-hybridized carbons (Fsp3) is 0.0714. The van der Waals surface area contributed by atoms with Gasteiger partial charge in [0.05, 0.1) is 27.1 Å². The summed E-state index contributed by atoms with van der Waals surface area (Å²) in [6, 6.07) is 8.95. The first-order chi connectivity index (χ1) is 9.60. The van der Waals surface area contributed by atoms with Crippen LogP contribution in [0, 0.1) is 11.6 Å². The minimum absolute atomic E-state index is 0.143. The van der Waals surface area contributed by atoms with E-state index in [2.05, 4.69) is 20.9 Å². The number of aromatic nitrogens is 2. The molecule has 0 saturated heterocycles. The van der Waals surface area contributed by atoms with Gasteiger partial charge in [-0.2, -0.15) is 0 Å². The fourth-order valence-electron chi connectivity index (χ4n) is 2.12. The molecule has 0 unspecified atom stereocenters. The Balaban J connectivity index is 2.35. The average molecular weight is 358 g/mol. The highest BCUT2D eigenvalue weighted by Crippen LogP contribution is 2.27. The molecule has 0 atom stereocenters. The van der Waals surface area contributed by atoms with E-state index in [1.165, 1.54) is 18.2 Å².